The second kappa shape index (κ2) is 7.29. The number of furan rings is 1. The number of hydrogen-bond acceptors (Lipinski definition) is 4. The molecule has 2 aliphatic heterocycles. The van der Waals surface area contributed by atoms with Crippen LogP contribution in [0.15, 0.2) is 47.1 Å². The maximum atomic E-state index is 12.7. The molecule has 0 radical (unpaired) electrons. The van der Waals surface area contributed by atoms with Gasteiger partial charge in [0.2, 0.25) is 0 Å². The summed E-state index contributed by atoms with van der Waals surface area (Å²) in [4.78, 5) is 26.7. The number of amides is 2. The van der Waals surface area contributed by atoms with Gasteiger partial charge in [-0.1, -0.05) is 6.07 Å². The van der Waals surface area contributed by atoms with Crippen LogP contribution < -0.4 is 10.6 Å². The van der Waals surface area contributed by atoms with Crippen molar-refractivity contribution in [3.8, 4) is 0 Å². The number of benzene rings is 1. The van der Waals surface area contributed by atoms with E-state index in [0.29, 0.717) is 23.1 Å². The van der Waals surface area contributed by atoms with Crippen molar-refractivity contribution >= 4 is 29.9 Å². The van der Waals surface area contributed by atoms with Gasteiger partial charge in [-0.15, -0.1) is 12.4 Å². The molecule has 3 heterocycles. The molecule has 0 unspecified atom stereocenters. The largest absolute Gasteiger partial charge is 0.459 e. The van der Waals surface area contributed by atoms with Crippen molar-refractivity contribution in [2.45, 2.75) is 0 Å². The standard InChI is InChI=1S/C18H19N3O3.ClH/c22-17(16-5-2-6-24-16)20-15-4-1-3-12(7-15)18(23)21-10-13-8-19-9-14(13)11-21;/h1-7,13-14,19H,8-11H2,(H,20,22);1H/t13-,14+;. The predicted molar refractivity (Wildman–Crippen MR) is 96.1 cm³/mol. The molecule has 2 amide bonds. The number of hydrogen-bond donors (Lipinski definition) is 2. The Morgan fingerprint density at radius 1 is 1.12 bits per heavy atom. The Kier molecular flexibility index (Phi) is 5.11. The highest BCUT2D eigenvalue weighted by Gasteiger charge is 2.38. The summed E-state index contributed by atoms with van der Waals surface area (Å²) in [6.07, 6.45) is 1.45. The first-order chi connectivity index (χ1) is 11.7. The van der Waals surface area contributed by atoms with E-state index in [9.17, 15) is 9.59 Å². The molecule has 2 aromatic rings. The number of fused-ring (bicyclic) bond motifs is 1. The number of anilines is 1. The quantitative estimate of drug-likeness (QED) is 0.879. The first kappa shape index (κ1) is 17.5. The van der Waals surface area contributed by atoms with Crippen molar-refractivity contribution in [1.29, 1.82) is 0 Å². The topological polar surface area (TPSA) is 74.6 Å². The smallest absolute Gasteiger partial charge is 0.291 e. The van der Waals surface area contributed by atoms with Gasteiger partial charge in [-0.05, 0) is 42.2 Å². The Hall–Kier alpha value is -2.31. The average molecular weight is 362 g/mol. The van der Waals surface area contributed by atoms with Gasteiger partial charge in [0.15, 0.2) is 5.76 Å². The van der Waals surface area contributed by atoms with Gasteiger partial charge in [0, 0.05) is 37.4 Å². The first-order valence-corrected chi connectivity index (χ1v) is 8.15. The molecule has 7 heteroatoms. The van der Waals surface area contributed by atoms with Crippen LogP contribution >= 0.6 is 12.4 Å². The van der Waals surface area contributed by atoms with Crippen LogP contribution in [0, 0.1) is 11.8 Å². The number of carbonyl (C=O) groups is 2. The molecule has 0 aliphatic carbocycles. The minimum atomic E-state index is -0.327. The van der Waals surface area contributed by atoms with Gasteiger partial charge in [-0.3, -0.25) is 9.59 Å². The Balaban J connectivity index is 0.00000182. The van der Waals surface area contributed by atoms with Crippen LogP contribution in [0.25, 0.3) is 0 Å². The summed E-state index contributed by atoms with van der Waals surface area (Å²) < 4.78 is 5.08. The van der Waals surface area contributed by atoms with Crippen molar-refractivity contribution in [1.82, 2.24) is 10.2 Å². The van der Waals surface area contributed by atoms with Crippen LogP contribution in [0.1, 0.15) is 20.9 Å². The zero-order chi connectivity index (χ0) is 16.5. The van der Waals surface area contributed by atoms with E-state index in [-0.39, 0.29) is 30.0 Å². The van der Waals surface area contributed by atoms with Crippen LogP contribution in [-0.4, -0.2) is 42.9 Å². The van der Waals surface area contributed by atoms with Gasteiger partial charge in [-0.2, -0.15) is 0 Å². The number of likely N-dealkylation sites (tertiary alicyclic amines) is 1. The number of rotatable bonds is 3. The molecule has 2 aliphatic rings. The first-order valence-electron chi connectivity index (χ1n) is 8.15. The predicted octanol–water partition coefficient (Wildman–Crippen LogP) is 2.25. The highest BCUT2D eigenvalue weighted by molar-refractivity contribution is 6.03. The van der Waals surface area contributed by atoms with E-state index in [0.717, 1.165) is 26.2 Å². The lowest BCUT2D eigenvalue weighted by Crippen LogP contribution is -2.31. The fraction of sp³-hybridized carbons (Fsp3) is 0.333. The number of halogens is 1. The number of nitrogens with zero attached hydrogens (tertiary/aromatic N) is 1. The van der Waals surface area contributed by atoms with Crippen LogP contribution in [0.2, 0.25) is 0 Å². The summed E-state index contributed by atoms with van der Waals surface area (Å²) in [5.41, 5.74) is 1.18. The van der Waals surface area contributed by atoms with Gasteiger partial charge >= 0.3 is 0 Å². The minimum absolute atomic E-state index is 0. The molecule has 132 valence electrons. The molecule has 6 nitrogen and oxygen atoms in total. The van der Waals surface area contributed by atoms with Gasteiger partial charge in [0.25, 0.3) is 11.8 Å². The normalized spacial score (nSPS) is 21.5. The molecule has 0 saturated carbocycles. The van der Waals surface area contributed by atoms with Crippen LogP contribution in [-0.2, 0) is 0 Å². The molecule has 2 saturated heterocycles. The Morgan fingerprint density at radius 2 is 1.88 bits per heavy atom. The second-order valence-electron chi connectivity index (χ2n) is 6.40. The third kappa shape index (κ3) is 3.55. The zero-order valence-corrected chi connectivity index (χ0v) is 14.4. The average Bonchev–Trinajstić information content (AvgIpc) is 3.30. The fourth-order valence-corrected chi connectivity index (χ4v) is 3.53. The molecule has 25 heavy (non-hydrogen) atoms. The van der Waals surface area contributed by atoms with E-state index in [4.69, 9.17) is 4.42 Å². The molecule has 4 rings (SSSR count). The van der Waals surface area contributed by atoms with E-state index in [1.165, 1.54) is 6.26 Å². The lowest BCUT2D eigenvalue weighted by atomic mass is 10.0. The van der Waals surface area contributed by atoms with E-state index in [1.807, 2.05) is 4.90 Å². The van der Waals surface area contributed by atoms with Crippen molar-refractivity contribution < 1.29 is 14.0 Å². The Bertz CT molecular complexity index is 751. The lowest BCUT2D eigenvalue weighted by Gasteiger charge is -2.18. The molecule has 0 spiro atoms. The van der Waals surface area contributed by atoms with E-state index in [1.54, 1.807) is 36.4 Å². The SMILES string of the molecule is Cl.O=C(Nc1cccc(C(=O)N2C[C@H]3CNC[C@H]3C2)c1)c1ccco1. The van der Waals surface area contributed by atoms with E-state index < -0.39 is 0 Å². The molecule has 2 N–H and O–H groups in total. The van der Waals surface area contributed by atoms with Crippen LogP contribution in [0.5, 0.6) is 0 Å². The highest BCUT2D eigenvalue weighted by Crippen LogP contribution is 2.27. The summed E-state index contributed by atoms with van der Waals surface area (Å²) in [7, 11) is 0. The monoisotopic (exact) mass is 361 g/mol. The zero-order valence-electron chi connectivity index (χ0n) is 13.6. The Morgan fingerprint density at radius 3 is 2.56 bits per heavy atom. The summed E-state index contributed by atoms with van der Waals surface area (Å²) >= 11 is 0. The summed E-state index contributed by atoms with van der Waals surface area (Å²) in [5.74, 6) is 1.07. The van der Waals surface area contributed by atoms with Crippen LogP contribution in [0.4, 0.5) is 5.69 Å². The second-order valence-corrected chi connectivity index (χ2v) is 6.40. The number of nitrogens with one attached hydrogen (secondary N) is 2. The molecular formula is C18H20ClN3O3. The van der Waals surface area contributed by atoms with Crippen LogP contribution in [0.3, 0.4) is 0 Å². The van der Waals surface area contributed by atoms with Crippen molar-refractivity contribution in [2.75, 3.05) is 31.5 Å². The van der Waals surface area contributed by atoms with Gasteiger partial charge in [0.1, 0.15) is 0 Å². The maximum absolute atomic E-state index is 12.7. The van der Waals surface area contributed by atoms with Gasteiger partial charge in [0.05, 0.1) is 6.26 Å². The molecular weight excluding hydrogens is 342 g/mol. The summed E-state index contributed by atoms with van der Waals surface area (Å²) in [5, 5.41) is 6.13. The van der Waals surface area contributed by atoms with Crippen molar-refractivity contribution in [2.24, 2.45) is 11.8 Å². The van der Waals surface area contributed by atoms with Crippen molar-refractivity contribution in [3.05, 3.63) is 54.0 Å². The molecule has 2 fully saturated rings. The molecule has 0 bridgehead atoms. The summed E-state index contributed by atoms with van der Waals surface area (Å²) in [6.45, 7) is 3.60. The molecule has 1 aromatic carbocycles. The number of carbonyl (C=O) groups excluding carboxylic acids is 2. The molecule has 1 aromatic heterocycles. The fourth-order valence-electron chi connectivity index (χ4n) is 3.53. The lowest BCUT2D eigenvalue weighted by molar-refractivity contribution is 0.0781. The van der Waals surface area contributed by atoms with E-state index >= 15 is 0 Å². The minimum Gasteiger partial charge on any atom is -0.459 e. The third-order valence-electron chi connectivity index (χ3n) is 4.79. The van der Waals surface area contributed by atoms with Gasteiger partial charge in [-0.25, -0.2) is 0 Å². The highest BCUT2D eigenvalue weighted by atomic mass is 35.5. The third-order valence-corrected chi connectivity index (χ3v) is 4.79. The van der Waals surface area contributed by atoms with Crippen molar-refractivity contribution in [3.63, 3.8) is 0 Å². The molecule has 2 atom stereocenters. The maximum Gasteiger partial charge on any atom is 0.291 e. The van der Waals surface area contributed by atoms with E-state index in [2.05, 4.69) is 10.6 Å². The van der Waals surface area contributed by atoms with Gasteiger partial charge < -0.3 is 20.0 Å². The Labute approximate surface area is 152 Å². The summed E-state index contributed by atoms with van der Waals surface area (Å²) in [6, 6.07) is 10.3.